The van der Waals surface area contributed by atoms with E-state index in [1.165, 1.54) is 6.07 Å². The number of amides is 1. The number of esters is 1. The number of benzene rings is 3. The van der Waals surface area contributed by atoms with Gasteiger partial charge in [-0.1, -0.05) is 23.7 Å². The van der Waals surface area contributed by atoms with Crippen LogP contribution >= 0.6 is 23.4 Å². The highest BCUT2D eigenvalue weighted by Crippen LogP contribution is 2.35. The SMILES string of the molecule is O=C(COC(=O)c1ccc(CSc2ccc(Cl)cc2)cc1)Nc1cc(C(F)(F)F)ccc1N1CCOCC1. The molecule has 3 aromatic rings. The van der Waals surface area contributed by atoms with E-state index in [0.717, 1.165) is 22.6 Å². The van der Waals surface area contributed by atoms with Gasteiger partial charge in [-0.3, -0.25) is 4.79 Å². The Balaban J connectivity index is 1.34. The molecule has 0 atom stereocenters. The first kappa shape index (κ1) is 27.8. The van der Waals surface area contributed by atoms with Gasteiger partial charge in [-0.15, -0.1) is 11.8 Å². The summed E-state index contributed by atoms with van der Waals surface area (Å²) in [5, 5.41) is 3.13. The molecule has 0 saturated carbocycles. The molecule has 200 valence electrons. The fourth-order valence-corrected chi connectivity index (χ4v) is 4.71. The average molecular weight is 565 g/mol. The van der Waals surface area contributed by atoms with E-state index in [-0.39, 0.29) is 11.3 Å². The molecule has 0 unspecified atom stereocenters. The van der Waals surface area contributed by atoms with Crippen molar-refractivity contribution < 1.29 is 32.2 Å². The van der Waals surface area contributed by atoms with Crippen molar-refractivity contribution in [2.24, 2.45) is 0 Å². The van der Waals surface area contributed by atoms with Gasteiger partial charge >= 0.3 is 12.1 Å². The number of anilines is 2. The van der Waals surface area contributed by atoms with Gasteiger partial charge in [0.2, 0.25) is 0 Å². The lowest BCUT2D eigenvalue weighted by molar-refractivity contribution is -0.137. The third-order valence-electron chi connectivity index (χ3n) is 5.69. The van der Waals surface area contributed by atoms with Crippen molar-refractivity contribution in [2.45, 2.75) is 16.8 Å². The Hall–Kier alpha value is -3.21. The van der Waals surface area contributed by atoms with Gasteiger partial charge in [0.15, 0.2) is 6.61 Å². The Labute approximate surface area is 227 Å². The van der Waals surface area contributed by atoms with E-state index in [0.29, 0.717) is 42.8 Å². The van der Waals surface area contributed by atoms with Crippen molar-refractivity contribution in [3.05, 3.63) is 88.4 Å². The number of ether oxygens (including phenoxy) is 2. The molecular formula is C27H24ClF3N2O4S. The Morgan fingerprint density at radius 1 is 1.00 bits per heavy atom. The van der Waals surface area contributed by atoms with E-state index in [1.54, 1.807) is 36.0 Å². The van der Waals surface area contributed by atoms with Gasteiger partial charge in [0.1, 0.15) is 0 Å². The number of carbonyl (C=O) groups is 2. The molecule has 38 heavy (non-hydrogen) atoms. The Bertz CT molecular complexity index is 1260. The summed E-state index contributed by atoms with van der Waals surface area (Å²) in [4.78, 5) is 27.8. The van der Waals surface area contributed by atoms with Crippen LogP contribution in [0.4, 0.5) is 24.5 Å². The predicted molar refractivity (Wildman–Crippen MR) is 141 cm³/mol. The minimum absolute atomic E-state index is 0.00897. The minimum Gasteiger partial charge on any atom is -0.452 e. The van der Waals surface area contributed by atoms with Gasteiger partial charge in [-0.05, 0) is 60.2 Å². The zero-order valence-electron chi connectivity index (χ0n) is 20.1. The fourth-order valence-electron chi connectivity index (χ4n) is 3.73. The van der Waals surface area contributed by atoms with Crippen LogP contribution in [-0.2, 0) is 26.2 Å². The number of rotatable bonds is 8. The molecule has 1 aliphatic heterocycles. The number of hydrogen-bond acceptors (Lipinski definition) is 6. The first-order valence-electron chi connectivity index (χ1n) is 11.7. The molecule has 0 aromatic heterocycles. The quantitative estimate of drug-likeness (QED) is 0.256. The molecule has 0 aliphatic carbocycles. The Kier molecular flexibility index (Phi) is 9.19. The third-order valence-corrected chi connectivity index (χ3v) is 7.03. The smallest absolute Gasteiger partial charge is 0.416 e. The van der Waals surface area contributed by atoms with Crippen molar-refractivity contribution in [1.29, 1.82) is 0 Å². The number of carbonyl (C=O) groups excluding carboxylic acids is 2. The molecule has 1 fully saturated rings. The minimum atomic E-state index is -4.57. The van der Waals surface area contributed by atoms with Gasteiger partial charge in [0.05, 0.1) is 35.7 Å². The standard InChI is InChI=1S/C27H24ClF3N2O4S/c28-21-6-8-22(9-7-21)38-17-18-1-3-19(4-2-18)26(35)37-16-25(34)32-23-15-20(27(29,30)31)5-10-24(23)33-11-13-36-14-12-33/h1-10,15H,11-14,16-17H2,(H,32,34). The van der Waals surface area contributed by atoms with E-state index in [1.807, 2.05) is 29.2 Å². The van der Waals surface area contributed by atoms with Gasteiger partial charge in [-0.25, -0.2) is 4.79 Å². The number of nitrogens with one attached hydrogen (secondary N) is 1. The molecule has 1 saturated heterocycles. The average Bonchev–Trinajstić information content (AvgIpc) is 2.91. The molecule has 0 bridgehead atoms. The second-order valence-electron chi connectivity index (χ2n) is 8.39. The normalized spacial score (nSPS) is 13.7. The maximum Gasteiger partial charge on any atom is 0.416 e. The molecule has 1 amide bonds. The molecule has 3 aromatic carbocycles. The van der Waals surface area contributed by atoms with E-state index in [9.17, 15) is 22.8 Å². The summed E-state index contributed by atoms with van der Waals surface area (Å²) in [6.07, 6.45) is -4.57. The molecule has 11 heteroatoms. The lowest BCUT2D eigenvalue weighted by Crippen LogP contribution is -2.37. The predicted octanol–water partition coefficient (Wildman–Crippen LogP) is 6.28. The van der Waals surface area contributed by atoms with Gasteiger partial charge in [-0.2, -0.15) is 13.2 Å². The van der Waals surface area contributed by atoms with Crippen LogP contribution in [0.1, 0.15) is 21.5 Å². The largest absolute Gasteiger partial charge is 0.452 e. The summed E-state index contributed by atoms with van der Waals surface area (Å²) in [5.74, 6) is -0.778. The zero-order valence-corrected chi connectivity index (χ0v) is 21.7. The molecule has 1 N–H and O–H groups in total. The summed E-state index contributed by atoms with van der Waals surface area (Å²) >= 11 is 7.51. The van der Waals surface area contributed by atoms with E-state index < -0.39 is 30.2 Å². The maximum absolute atomic E-state index is 13.3. The van der Waals surface area contributed by atoms with E-state index >= 15 is 0 Å². The first-order valence-corrected chi connectivity index (χ1v) is 13.0. The van der Waals surface area contributed by atoms with Crippen LogP contribution in [0.2, 0.25) is 5.02 Å². The van der Waals surface area contributed by atoms with E-state index in [4.69, 9.17) is 21.1 Å². The summed E-state index contributed by atoms with van der Waals surface area (Å²) in [7, 11) is 0. The first-order chi connectivity index (χ1) is 18.2. The molecule has 0 radical (unpaired) electrons. The summed E-state index contributed by atoms with van der Waals surface area (Å²) in [6.45, 7) is 1.13. The van der Waals surface area contributed by atoms with E-state index in [2.05, 4.69) is 5.32 Å². The monoisotopic (exact) mass is 564 g/mol. The molecule has 4 rings (SSSR count). The highest BCUT2D eigenvalue weighted by Gasteiger charge is 2.32. The number of thioether (sulfide) groups is 1. The zero-order chi connectivity index (χ0) is 27.1. The highest BCUT2D eigenvalue weighted by atomic mass is 35.5. The number of alkyl halides is 3. The van der Waals surface area contributed by atoms with Crippen molar-refractivity contribution in [3.8, 4) is 0 Å². The molecule has 0 spiro atoms. The molecule has 1 aliphatic rings. The fraction of sp³-hybridized carbons (Fsp3) is 0.259. The summed E-state index contributed by atoms with van der Waals surface area (Å²) in [5.41, 5.74) is 0.778. The van der Waals surface area contributed by atoms with Crippen molar-refractivity contribution >= 4 is 46.6 Å². The van der Waals surface area contributed by atoms with Crippen LogP contribution in [-0.4, -0.2) is 44.8 Å². The number of hydrogen-bond donors (Lipinski definition) is 1. The second-order valence-corrected chi connectivity index (χ2v) is 9.88. The van der Waals surface area contributed by atoms with Crippen molar-refractivity contribution in [1.82, 2.24) is 0 Å². The third kappa shape index (κ3) is 7.66. The number of halogens is 4. The topological polar surface area (TPSA) is 67.9 Å². The molecule has 6 nitrogen and oxygen atoms in total. The lowest BCUT2D eigenvalue weighted by Gasteiger charge is -2.31. The van der Waals surface area contributed by atoms with Gasteiger partial charge < -0.3 is 19.7 Å². The van der Waals surface area contributed by atoms with Crippen LogP contribution in [0.3, 0.4) is 0 Å². The molecular weight excluding hydrogens is 541 g/mol. The summed E-state index contributed by atoms with van der Waals surface area (Å²) in [6, 6.07) is 17.4. The Morgan fingerprint density at radius 2 is 1.68 bits per heavy atom. The van der Waals surface area contributed by atoms with Crippen LogP contribution in [0.5, 0.6) is 0 Å². The number of morpholine rings is 1. The van der Waals surface area contributed by atoms with Gasteiger partial charge in [0, 0.05) is 28.8 Å². The maximum atomic E-state index is 13.3. The molecule has 1 heterocycles. The second kappa shape index (κ2) is 12.6. The summed E-state index contributed by atoms with van der Waals surface area (Å²) < 4.78 is 50.2. The van der Waals surface area contributed by atoms with Crippen LogP contribution in [0, 0.1) is 0 Å². The van der Waals surface area contributed by atoms with Crippen molar-refractivity contribution in [3.63, 3.8) is 0 Å². The Morgan fingerprint density at radius 3 is 2.34 bits per heavy atom. The van der Waals surface area contributed by atoms with Crippen LogP contribution < -0.4 is 10.2 Å². The number of nitrogens with zero attached hydrogens (tertiary/aromatic N) is 1. The lowest BCUT2D eigenvalue weighted by atomic mass is 10.1. The van der Waals surface area contributed by atoms with Crippen LogP contribution in [0.15, 0.2) is 71.6 Å². The van der Waals surface area contributed by atoms with Crippen molar-refractivity contribution in [2.75, 3.05) is 43.1 Å². The van der Waals surface area contributed by atoms with Crippen LogP contribution in [0.25, 0.3) is 0 Å². The van der Waals surface area contributed by atoms with Gasteiger partial charge in [0.25, 0.3) is 5.91 Å². The highest BCUT2D eigenvalue weighted by molar-refractivity contribution is 7.98.